The predicted octanol–water partition coefficient (Wildman–Crippen LogP) is 2.66. The summed E-state index contributed by atoms with van der Waals surface area (Å²) in [5.41, 5.74) is 0.518. The van der Waals surface area contributed by atoms with Crippen molar-refractivity contribution in [2.45, 2.75) is 50.7 Å². The molecule has 2 aliphatic rings. The molecule has 0 spiro atoms. The quantitative estimate of drug-likeness (QED) is 0.813. The van der Waals surface area contributed by atoms with Crippen LogP contribution < -0.4 is 4.74 Å². The van der Waals surface area contributed by atoms with Gasteiger partial charge in [-0.3, -0.25) is 4.79 Å². The molecule has 1 saturated heterocycles. The molecule has 140 valence electrons. The number of ether oxygens (including phenoxy) is 1. The number of nitriles is 1. The molecule has 0 radical (unpaired) electrons. The number of aromatic nitrogens is 3. The molecule has 0 unspecified atom stereocenters. The van der Waals surface area contributed by atoms with E-state index in [9.17, 15) is 4.79 Å². The lowest BCUT2D eigenvalue weighted by Crippen LogP contribution is -2.45. The maximum absolute atomic E-state index is 12.9. The molecule has 7 heteroatoms. The second kappa shape index (κ2) is 7.39. The van der Waals surface area contributed by atoms with Crippen LogP contribution in [0, 0.1) is 11.3 Å². The normalized spacial score (nSPS) is 20.7. The number of hydrogen-bond donors (Lipinski definition) is 0. The number of carbonyl (C=O) groups is 1. The smallest absolute Gasteiger partial charge is 0.263 e. The first kappa shape index (κ1) is 17.5. The maximum atomic E-state index is 12.9. The Balaban J connectivity index is 1.42. The van der Waals surface area contributed by atoms with Crippen molar-refractivity contribution >= 4 is 5.91 Å². The third-order valence-corrected chi connectivity index (χ3v) is 5.26. The van der Waals surface area contributed by atoms with Gasteiger partial charge in [0.05, 0.1) is 11.6 Å². The average Bonchev–Trinajstić information content (AvgIpc) is 3.43. The number of hydrogen-bond acceptors (Lipinski definition) is 5. The third-order valence-electron chi connectivity index (χ3n) is 5.26. The topological polar surface area (TPSA) is 84.0 Å². The van der Waals surface area contributed by atoms with Gasteiger partial charge in [0, 0.05) is 25.0 Å². The summed E-state index contributed by atoms with van der Waals surface area (Å²) in [7, 11) is 0. The molecule has 1 saturated carbocycles. The summed E-state index contributed by atoms with van der Waals surface area (Å²) in [4.78, 5) is 14.8. The number of rotatable bonds is 5. The minimum absolute atomic E-state index is 0.0282. The fraction of sp³-hybridized carbons (Fsp3) is 0.500. The number of likely N-dealkylation sites (tertiary alicyclic amines) is 1. The van der Waals surface area contributed by atoms with E-state index in [2.05, 4.69) is 20.8 Å². The first-order chi connectivity index (χ1) is 13.2. The van der Waals surface area contributed by atoms with Crippen LogP contribution in [-0.2, 0) is 4.79 Å². The number of carbonyl (C=O) groups excluding carboxylic acids is 1. The molecule has 1 aromatic heterocycles. The number of nitrogens with zero attached hydrogens (tertiary/aromatic N) is 5. The summed E-state index contributed by atoms with van der Waals surface area (Å²) >= 11 is 0. The lowest BCUT2D eigenvalue weighted by Gasteiger charge is -2.34. The summed E-state index contributed by atoms with van der Waals surface area (Å²) in [6.45, 7) is 3.15. The summed E-state index contributed by atoms with van der Waals surface area (Å²) in [5, 5.41) is 17.4. The highest BCUT2D eigenvalue weighted by Gasteiger charge is 2.33. The molecule has 2 fully saturated rings. The molecular weight excluding hydrogens is 342 g/mol. The molecule has 1 amide bonds. The van der Waals surface area contributed by atoms with E-state index in [0.29, 0.717) is 23.9 Å². The van der Waals surface area contributed by atoms with Gasteiger partial charge < -0.3 is 14.2 Å². The molecule has 1 aromatic carbocycles. The van der Waals surface area contributed by atoms with E-state index in [1.807, 2.05) is 11.2 Å². The molecule has 4 rings (SSSR count). The molecule has 2 aromatic rings. The van der Waals surface area contributed by atoms with Gasteiger partial charge in [-0.05, 0) is 50.8 Å². The first-order valence-electron chi connectivity index (χ1n) is 9.50. The predicted molar refractivity (Wildman–Crippen MR) is 98.1 cm³/mol. The first-order valence-corrected chi connectivity index (χ1v) is 9.50. The molecule has 1 aliphatic heterocycles. The largest absolute Gasteiger partial charge is 0.481 e. The minimum Gasteiger partial charge on any atom is -0.481 e. The van der Waals surface area contributed by atoms with Gasteiger partial charge in [0.2, 0.25) is 0 Å². The Morgan fingerprint density at radius 2 is 2.22 bits per heavy atom. The second-order valence-electron chi connectivity index (χ2n) is 7.35. The van der Waals surface area contributed by atoms with E-state index in [4.69, 9.17) is 10.00 Å². The molecule has 7 nitrogen and oxygen atoms in total. The number of amides is 1. The van der Waals surface area contributed by atoms with E-state index in [-0.39, 0.29) is 11.8 Å². The maximum Gasteiger partial charge on any atom is 0.263 e. The van der Waals surface area contributed by atoms with Gasteiger partial charge in [0.15, 0.2) is 6.10 Å². The van der Waals surface area contributed by atoms with Crippen LogP contribution in [0.25, 0.3) is 0 Å². The van der Waals surface area contributed by atoms with Gasteiger partial charge in [-0.15, -0.1) is 10.2 Å². The highest BCUT2D eigenvalue weighted by Crippen LogP contribution is 2.38. The van der Waals surface area contributed by atoms with Crippen molar-refractivity contribution in [3.8, 4) is 11.8 Å². The Labute approximate surface area is 158 Å². The average molecular weight is 365 g/mol. The molecule has 2 heterocycles. The van der Waals surface area contributed by atoms with Crippen LogP contribution >= 0.6 is 0 Å². The van der Waals surface area contributed by atoms with Crippen LogP contribution in [0.15, 0.2) is 30.6 Å². The Kier molecular flexibility index (Phi) is 4.80. The van der Waals surface area contributed by atoms with E-state index in [1.54, 1.807) is 31.2 Å². The van der Waals surface area contributed by atoms with E-state index in [0.717, 1.165) is 25.2 Å². The van der Waals surface area contributed by atoms with Crippen molar-refractivity contribution in [1.82, 2.24) is 19.7 Å². The van der Waals surface area contributed by atoms with Gasteiger partial charge in [0.1, 0.15) is 17.9 Å². The standard InChI is InChI=1S/C20H23N5O2/c1-14(27-18-6-2-4-15(10-18)11-21)20(26)24-9-3-5-16(12-24)19-23-22-13-25(19)17-7-8-17/h2,4,6,10,13-14,16-17H,3,5,7-9,12H2,1H3/t14-,16-/m1/s1. The Morgan fingerprint density at radius 3 is 3.00 bits per heavy atom. The highest BCUT2D eigenvalue weighted by molar-refractivity contribution is 5.81. The molecule has 0 N–H and O–H groups in total. The second-order valence-corrected chi connectivity index (χ2v) is 7.35. The molecule has 0 bridgehead atoms. The van der Waals surface area contributed by atoms with Crippen molar-refractivity contribution in [1.29, 1.82) is 5.26 Å². The van der Waals surface area contributed by atoms with Crippen molar-refractivity contribution in [3.05, 3.63) is 42.0 Å². The Morgan fingerprint density at radius 1 is 1.37 bits per heavy atom. The number of piperidine rings is 1. The summed E-state index contributed by atoms with van der Waals surface area (Å²) < 4.78 is 7.98. The fourth-order valence-electron chi connectivity index (χ4n) is 3.72. The molecule has 1 aliphatic carbocycles. The summed E-state index contributed by atoms with van der Waals surface area (Å²) in [6, 6.07) is 9.51. The third kappa shape index (κ3) is 3.80. The molecular formula is C20H23N5O2. The van der Waals surface area contributed by atoms with Crippen molar-refractivity contribution in [2.75, 3.05) is 13.1 Å². The van der Waals surface area contributed by atoms with Gasteiger partial charge in [-0.25, -0.2) is 0 Å². The Hall–Kier alpha value is -2.88. The monoisotopic (exact) mass is 365 g/mol. The van der Waals surface area contributed by atoms with Gasteiger partial charge in [-0.2, -0.15) is 5.26 Å². The van der Waals surface area contributed by atoms with Gasteiger partial charge >= 0.3 is 0 Å². The summed E-state index contributed by atoms with van der Waals surface area (Å²) in [5.74, 6) is 1.74. The zero-order valence-corrected chi connectivity index (χ0v) is 15.4. The Bertz CT molecular complexity index is 867. The van der Waals surface area contributed by atoms with Crippen molar-refractivity contribution in [2.24, 2.45) is 0 Å². The van der Waals surface area contributed by atoms with E-state index >= 15 is 0 Å². The molecule has 2 atom stereocenters. The van der Waals surface area contributed by atoms with Gasteiger partial charge in [0.25, 0.3) is 5.91 Å². The van der Waals surface area contributed by atoms with E-state index in [1.165, 1.54) is 12.8 Å². The number of benzene rings is 1. The van der Waals surface area contributed by atoms with Crippen LogP contribution in [0.4, 0.5) is 0 Å². The van der Waals surface area contributed by atoms with Gasteiger partial charge in [-0.1, -0.05) is 6.07 Å². The molecule has 27 heavy (non-hydrogen) atoms. The van der Waals surface area contributed by atoms with Crippen molar-refractivity contribution < 1.29 is 9.53 Å². The van der Waals surface area contributed by atoms with Crippen LogP contribution in [0.5, 0.6) is 5.75 Å². The zero-order valence-electron chi connectivity index (χ0n) is 15.4. The SMILES string of the molecule is C[C@@H](Oc1cccc(C#N)c1)C(=O)N1CCC[C@@H](c2nncn2C2CC2)C1. The lowest BCUT2D eigenvalue weighted by atomic mass is 9.96. The van der Waals surface area contributed by atoms with Crippen LogP contribution in [0.3, 0.4) is 0 Å². The van der Waals surface area contributed by atoms with Crippen LogP contribution in [0.2, 0.25) is 0 Å². The fourth-order valence-corrected chi connectivity index (χ4v) is 3.72. The summed E-state index contributed by atoms with van der Waals surface area (Å²) in [6.07, 6.45) is 5.57. The highest BCUT2D eigenvalue weighted by atomic mass is 16.5. The zero-order chi connectivity index (χ0) is 18.8. The lowest BCUT2D eigenvalue weighted by molar-refractivity contribution is -0.139. The van der Waals surface area contributed by atoms with Crippen molar-refractivity contribution in [3.63, 3.8) is 0 Å². The minimum atomic E-state index is -0.598. The van der Waals surface area contributed by atoms with Crippen LogP contribution in [0.1, 0.15) is 56.0 Å². The van der Waals surface area contributed by atoms with Crippen LogP contribution in [-0.4, -0.2) is 44.8 Å². The van der Waals surface area contributed by atoms with E-state index < -0.39 is 6.10 Å².